The first-order chi connectivity index (χ1) is 13.0. The third-order valence-electron chi connectivity index (χ3n) is 3.63. The lowest BCUT2D eigenvalue weighted by Crippen LogP contribution is -2.29. The molecule has 2 aromatic rings. The fourth-order valence-electron chi connectivity index (χ4n) is 2.37. The lowest BCUT2D eigenvalue weighted by Gasteiger charge is -2.11. The number of aliphatic imine (C=N–C) groups is 1. The Morgan fingerprint density at radius 3 is 2.74 bits per heavy atom. The number of ether oxygens (including phenoxy) is 2. The number of aryl methyl sites for hydroxylation is 1. The zero-order valence-corrected chi connectivity index (χ0v) is 16.8. The van der Waals surface area contributed by atoms with Gasteiger partial charge in [0.25, 0.3) is 5.91 Å². The molecule has 0 atom stereocenters. The van der Waals surface area contributed by atoms with Crippen LogP contribution in [0.2, 0.25) is 0 Å². The van der Waals surface area contributed by atoms with Crippen LogP contribution >= 0.6 is 23.1 Å². The summed E-state index contributed by atoms with van der Waals surface area (Å²) >= 11 is 2.66. The van der Waals surface area contributed by atoms with Crippen molar-refractivity contribution in [3.05, 3.63) is 46.3 Å². The van der Waals surface area contributed by atoms with Crippen LogP contribution in [0.4, 0.5) is 5.13 Å². The van der Waals surface area contributed by atoms with E-state index >= 15 is 0 Å². The lowest BCUT2D eigenvalue weighted by atomic mass is 10.1. The number of hydrogen-bond acceptors (Lipinski definition) is 8. The number of thioether (sulfide) groups is 1. The molecule has 7 nitrogen and oxygen atoms in total. The van der Waals surface area contributed by atoms with Crippen molar-refractivity contribution in [3.8, 4) is 11.5 Å². The monoisotopic (exact) mass is 402 g/mol. The van der Waals surface area contributed by atoms with E-state index in [1.807, 2.05) is 19.1 Å². The molecule has 0 radical (unpaired) electrons. The highest BCUT2D eigenvalue weighted by atomic mass is 32.2. The van der Waals surface area contributed by atoms with Crippen molar-refractivity contribution in [2.45, 2.75) is 6.92 Å². The topological polar surface area (TPSA) is 76.9 Å². The molecule has 1 aliphatic heterocycles. The Labute approximate surface area is 165 Å². The summed E-state index contributed by atoms with van der Waals surface area (Å²) < 4.78 is 10.6. The fourth-order valence-corrected chi connectivity index (χ4v) is 3.97. The van der Waals surface area contributed by atoms with E-state index in [2.05, 4.69) is 21.8 Å². The number of aromatic nitrogens is 2. The SMILES string of the molecule is C=CCN1C(=O)/C(=C/c2ccc(OC)cc2OC)S/C1=N/c1nnc(C)s1. The molecule has 0 unspecified atom stereocenters. The molecule has 0 aliphatic carbocycles. The molecule has 0 bridgehead atoms. The van der Waals surface area contributed by atoms with E-state index in [0.29, 0.717) is 33.2 Å². The minimum Gasteiger partial charge on any atom is -0.497 e. The maximum Gasteiger partial charge on any atom is 0.267 e. The van der Waals surface area contributed by atoms with Crippen molar-refractivity contribution in [2.75, 3.05) is 20.8 Å². The first-order valence-corrected chi connectivity index (χ1v) is 9.62. The van der Waals surface area contributed by atoms with Crippen LogP contribution in [0.25, 0.3) is 6.08 Å². The quantitative estimate of drug-likeness (QED) is 0.542. The number of rotatable bonds is 6. The maximum atomic E-state index is 12.8. The van der Waals surface area contributed by atoms with Crippen LogP contribution in [0.1, 0.15) is 10.6 Å². The van der Waals surface area contributed by atoms with Crippen LogP contribution in [0.3, 0.4) is 0 Å². The summed E-state index contributed by atoms with van der Waals surface area (Å²) in [4.78, 5) is 19.4. The number of amidine groups is 1. The van der Waals surface area contributed by atoms with Crippen molar-refractivity contribution >= 4 is 45.4 Å². The summed E-state index contributed by atoms with van der Waals surface area (Å²) in [5.41, 5.74) is 0.778. The summed E-state index contributed by atoms with van der Waals surface area (Å²) in [7, 11) is 3.17. The number of carbonyl (C=O) groups is 1. The molecular weight excluding hydrogens is 384 g/mol. The van der Waals surface area contributed by atoms with Crippen molar-refractivity contribution in [1.29, 1.82) is 0 Å². The number of benzene rings is 1. The van der Waals surface area contributed by atoms with Gasteiger partial charge in [0.1, 0.15) is 16.5 Å². The van der Waals surface area contributed by atoms with Gasteiger partial charge in [-0.3, -0.25) is 9.69 Å². The summed E-state index contributed by atoms with van der Waals surface area (Å²) in [5, 5.41) is 9.85. The largest absolute Gasteiger partial charge is 0.497 e. The minimum atomic E-state index is -0.141. The molecule has 2 heterocycles. The molecular formula is C18H18N4O3S2. The molecule has 1 aliphatic rings. The number of hydrogen-bond donors (Lipinski definition) is 0. The summed E-state index contributed by atoms with van der Waals surface area (Å²) in [6.07, 6.45) is 3.45. The third kappa shape index (κ3) is 4.20. The molecule has 0 spiro atoms. The van der Waals surface area contributed by atoms with Gasteiger partial charge in [0.15, 0.2) is 5.17 Å². The highest BCUT2D eigenvalue weighted by Crippen LogP contribution is 2.36. The molecule has 27 heavy (non-hydrogen) atoms. The van der Waals surface area contributed by atoms with Crippen molar-refractivity contribution in [1.82, 2.24) is 15.1 Å². The van der Waals surface area contributed by atoms with Gasteiger partial charge in [0.2, 0.25) is 5.13 Å². The Kier molecular flexibility index (Phi) is 5.92. The van der Waals surface area contributed by atoms with Crippen LogP contribution in [-0.4, -0.2) is 46.9 Å². The molecule has 0 saturated carbocycles. The van der Waals surface area contributed by atoms with Gasteiger partial charge in [-0.05, 0) is 36.9 Å². The number of amides is 1. The Morgan fingerprint density at radius 1 is 1.30 bits per heavy atom. The van der Waals surface area contributed by atoms with Gasteiger partial charge < -0.3 is 9.47 Å². The molecule has 3 rings (SSSR count). The lowest BCUT2D eigenvalue weighted by molar-refractivity contribution is -0.121. The number of nitrogens with zero attached hydrogens (tertiary/aromatic N) is 4. The molecule has 0 N–H and O–H groups in total. The molecule has 1 aromatic carbocycles. The first-order valence-electron chi connectivity index (χ1n) is 7.99. The Balaban J connectivity index is 1.97. The van der Waals surface area contributed by atoms with Gasteiger partial charge >= 0.3 is 0 Å². The van der Waals surface area contributed by atoms with Gasteiger partial charge in [0, 0.05) is 18.2 Å². The fraction of sp³-hybridized carbons (Fsp3) is 0.222. The minimum absolute atomic E-state index is 0.141. The van der Waals surface area contributed by atoms with Crippen LogP contribution in [0.5, 0.6) is 11.5 Å². The van der Waals surface area contributed by atoms with E-state index in [9.17, 15) is 4.79 Å². The molecule has 1 saturated heterocycles. The molecule has 1 fully saturated rings. The Morgan fingerprint density at radius 2 is 2.11 bits per heavy atom. The Hall–Kier alpha value is -2.65. The highest BCUT2D eigenvalue weighted by molar-refractivity contribution is 8.18. The second kappa shape index (κ2) is 8.36. The van der Waals surface area contributed by atoms with Gasteiger partial charge in [-0.2, -0.15) is 4.99 Å². The first kappa shape index (κ1) is 19.1. The zero-order valence-electron chi connectivity index (χ0n) is 15.1. The van der Waals surface area contributed by atoms with Crippen LogP contribution in [0, 0.1) is 6.92 Å². The van der Waals surface area contributed by atoms with Gasteiger partial charge in [-0.15, -0.1) is 16.8 Å². The van der Waals surface area contributed by atoms with E-state index in [1.54, 1.807) is 37.3 Å². The number of carbonyl (C=O) groups excluding carboxylic acids is 1. The second-order valence-corrected chi connectivity index (χ2v) is 7.59. The average molecular weight is 403 g/mol. The normalized spacial score (nSPS) is 17.0. The second-order valence-electron chi connectivity index (χ2n) is 5.42. The van der Waals surface area contributed by atoms with Crippen LogP contribution in [0.15, 0.2) is 40.8 Å². The predicted octanol–water partition coefficient (Wildman–Crippen LogP) is 3.65. The smallest absolute Gasteiger partial charge is 0.267 e. The number of methoxy groups -OCH3 is 2. The molecule has 1 amide bonds. The molecule has 1 aromatic heterocycles. The third-order valence-corrected chi connectivity index (χ3v) is 5.37. The van der Waals surface area contributed by atoms with E-state index in [-0.39, 0.29) is 5.91 Å². The summed E-state index contributed by atoms with van der Waals surface area (Å²) in [6.45, 7) is 5.94. The van der Waals surface area contributed by atoms with Crippen molar-refractivity contribution < 1.29 is 14.3 Å². The van der Waals surface area contributed by atoms with Crippen molar-refractivity contribution in [2.24, 2.45) is 4.99 Å². The predicted molar refractivity (Wildman–Crippen MR) is 109 cm³/mol. The van der Waals surface area contributed by atoms with E-state index < -0.39 is 0 Å². The maximum absolute atomic E-state index is 12.8. The van der Waals surface area contributed by atoms with E-state index in [1.165, 1.54) is 23.1 Å². The van der Waals surface area contributed by atoms with Gasteiger partial charge in [0.05, 0.1) is 19.1 Å². The average Bonchev–Trinajstić information content (AvgIpc) is 3.20. The highest BCUT2D eigenvalue weighted by Gasteiger charge is 2.33. The zero-order chi connectivity index (χ0) is 19.4. The van der Waals surface area contributed by atoms with E-state index in [0.717, 1.165) is 10.6 Å². The Bertz CT molecular complexity index is 936. The van der Waals surface area contributed by atoms with Gasteiger partial charge in [-0.25, -0.2) is 0 Å². The van der Waals surface area contributed by atoms with E-state index in [4.69, 9.17) is 9.47 Å². The summed E-state index contributed by atoms with van der Waals surface area (Å²) in [5.74, 6) is 1.16. The van der Waals surface area contributed by atoms with Crippen LogP contribution < -0.4 is 9.47 Å². The molecule has 9 heteroatoms. The summed E-state index contributed by atoms with van der Waals surface area (Å²) in [6, 6.07) is 5.44. The van der Waals surface area contributed by atoms with Crippen LogP contribution in [-0.2, 0) is 4.79 Å². The van der Waals surface area contributed by atoms with Crippen molar-refractivity contribution in [3.63, 3.8) is 0 Å². The van der Waals surface area contributed by atoms with Gasteiger partial charge in [-0.1, -0.05) is 17.4 Å². The standard InChI is InChI=1S/C18H18N4O3S2/c1-5-8-22-16(23)15(27-18(22)19-17-21-20-11(2)26-17)9-12-6-7-13(24-3)10-14(12)25-4/h5-7,9-10H,1,8H2,2-4H3/b15-9-,19-18+. The molecule has 140 valence electrons.